The molecular formula is C64H74N2O58S12. The molecule has 0 spiro atoms. The van der Waals surface area contributed by atoms with Gasteiger partial charge in [0.25, 0.3) is 11.8 Å². The van der Waals surface area contributed by atoms with Crippen LogP contribution in [0, 0.1) is 0 Å². The number of ether oxygens (including phenoxy) is 8. The van der Waals surface area contributed by atoms with Crippen LogP contribution in [0.1, 0.15) is 43.0 Å². The maximum atomic E-state index is 17.0. The summed E-state index contributed by atoms with van der Waals surface area (Å²) < 4.78 is 543. The Balaban J connectivity index is 1.31. The number of fused-ring (bicyclic) bond motifs is 1. The normalized spacial score (nSPS) is 26.7. The van der Waals surface area contributed by atoms with Crippen LogP contribution in [0.4, 0.5) is 0 Å². The van der Waals surface area contributed by atoms with E-state index in [0.29, 0.717) is 36.4 Å². The van der Waals surface area contributed by atoms with Crippen LogP contribution in [0.2, 0.25) is 0 Å². The van der Waals surface area contributed by atoms with Crippen LogP contribution in [-0.4, -0.2) is 326 Å². The van der Waals surface area contributed by atoms with Gasteiger partial charge in [-0.05, 0) is 57.3 Å². The second kappa shape index (κ2) is 44.4. The zero-order chi connectivity index (χ0) is 101. The molecule has 4 aliphatic heterocycles. The smallest absolute Gasteiger partial charge is 0.346 e. The molecule has 72 heteroatoms. The number of benzene rings is 6. The lowest BCUT2D eigenvalue weighted by Crippen LogP contribution is -2.74. The first kappa shape index (κ1) is 111. The summed E-state index contributed by atoms with van der Waals surface area (Å²) in [4.78, 5) is 33.6. The van der Waals surface area contributed by atoms with Gasteiger partial charge >= 0.3 is 125 Å². The summed E-state index contributed by atoms with van der Waals surface area (Å²) in [5.41, 5.74) is -2.59. The monoisotopic (exact) mass is 2180 g/mol. The molecular weight excluding hydrogens is 2110 g/mol. The van der Waals surface area contributed by atoms with Crippen molar-refractivity contribution in [3.05, 3.63) is 191 Å². The first-order valence-electron chi connectivity index (χ1n) is 36.9. The Morgan fingerprint density at radius 2 is 0.419 bits per heavy atom. The molecule has 2 amide bonds. The highest BCUT2D eigenvalue weighted by molar-refractivity contribution is 7.83. The minimum atomic E-state index is -6.56. The quantitative estimate of drug-likeness (QED) is 0.0180. The fraction of sp³-hybridized carbons (Fsp3) is 0.438. The Bertz CT molecular complexity index is 5940. The molecule has 0 aliphatic carbocycles. The minimum Gasteiger partial charge on any atom is -0.346 e. The van der Waals surface area contributed by atoms with Crippen LogP contribution in [0.25, 0.3) is 10.8 Å². The van der Waals surface area contributed by atoms with Gasteiger partial charge in [0.05, 0.1) is 52.9 Å². The molecule has 20 atom stereocenters. The van der Waals surface area contributed by atoms with Gasteiger partial charge in [-0.15, -0.1) is 0 Å². The SMILES string of the molecule is O=C(c1ccc2cc(C(=O)N([C@@H]3[C@@H](OCc4ccccc4)O[C@H](COS(=O)(=O)O)[C@@H](OS(=O)(=O)O)[C@@H]3OS(=O)(=O)O)[C@@H]3[C@@H](OCc4ccccc4)O[C@H](COS(=O)(=O)O)[C@@H](OS(=O)(=O)O)[C@@H]3OS(=O)(=O)O)ccc2c1)N([C@@H]1[C@@H](OCc2ccccc2)O[C@H](COS(=O)(=O)O)[C@@H](OS(=O)(=O)O)[C@@H]1OS(=O)(=O)O)[C@@H]1[C@@H](OCc2ccccc2)O[C@H](COS(=O)(=O)O)[C@@H](OS(=O)(=O)O)[C@@H]1OS(=O)(=O)O. The zero-order valence-electron chi connectivity index (χ0n) is 67.2. The third kappa shape index (κ3) is 34.0. The summed E-state index contributed by atoms with van der Waals surface area (Å²) in [6, 6.07) is 16.1. The van der Waals surface area contributed by atoms with Crippen LogP contribution < -0.4 is 0 Å². The van der Waals surface area contributed by atoms with E-state index in [9.17, 15) is 156 Å². The lowest BCUT2D eigenvalue weighted by molar-refractivity contribution is -0.310. The minimum absolute atomic E-state index is 0.0571. The number of hydrogen-bond acceptors (Lipinski definition) is 46. The van der Waals surface area contributed by atoms with E-state index >= 15 is 9.59 Å². The van der Waals surface area contributed by atoms with Gasteiger partial charge in [0, 0.05) is 11.1 Å². The molecule has 0 unspecified atom stereocenters. The molecule has 6 aromatic rings. The summed E-state index contributed by atoms with van der Waals surface area (Å²) in [6.07, 6.45) is -50.7. The lowest BCUT2D eigenvalue weighted by atomic mass is 9.89. The molecule has 12 N–H and O–H groups in total. The molecule has 4 saturated heterocycles. The number of carbonyl (C=O) groups excluding carboxylic acids is 2. The van der Waals surface area contributed by atoms with Gasteiger partial charge in [-0.25, -0.2) is 50.2 Å². The number of carbonyl (C=O) groups is 2. The lowest BCUT2D eigenvalue weighted by Gasteiger charge is -2.54. The summed E-state index contributed by atoms with van der Waals surface area (Å²) in [5, 5.41) is -1.27. The summed E-state index contributed by atoms with van der Waals surface area (Å²) >= 11 is 0. The Kier molecular flexibility index (Phi) is 36.1. The molecule has 136 heavy (non-hydrogen) atoms. The number of nitrogens with zero attached hydrogens (tertiary/aromatic N) is 2. The van der Waals surface area contributed by atoms with Gasteiger partial charge in [-0.2, -0.15) is 101 Å². The number of amides is 2. The van der Waals surface area contributed by atoms with Crippen LogP contribution in [0.15, 0.2) is 158 Å². The van der Waals surface area contributed by atoms with Crippen molar-refractivity contribution >= 4 is 147 Å². The Labute approximate surface area is 771 Å². The predicted octanol–water partition coefficient (Wildman–Crippen LogP) is -2.25. The maximum absolute atomic E-state index is 17.0. The van der Waals surface area contributed by atoms with Crippen molar-refractivity contribution < 1.29 is 253 Å². The molecule has 10 rings (SSSR count). The topological polar surface area (TPSA) is 878 Å². The average Bonchev–Trinajstić information content (AvgIpc) is 0.730. The third-order valence-electron chi connectivity index (χ3n) is 19.0. The maximum Gasteiger partial charge on any atom is 0.397 e. The van der Waals surface area contributed by atoms with E-state index in [1.165, 1.54) is 121 Å². The van der Waals surface area contributed by atoms with Gasteiger partial charge in [0.15, 0.2) is 25.2 Å². The summed E-state index contributed by atoms with van der Waals surface area (Å²) in [6.45, 7) is -11.8. The van der Waals surface area contributed by atoms with Gasteiger partial charge < -0.3 is 47.7 Å². The van der Waals surface area contributed by atoms with Crippen molar-refractivity contribution in [2.24, 2.45) is 0 Å². The predicted molar refractivity (Wildman–Crippen MR) is 432 cm³/mol. The first-order valence-corrected chi connectivity index (χ1v) is 53.2. The zero-order valence-corrected chi connectivity index (χ0v) is 77.0. The van der Waals surface area contributed by atoms with E-state index in [2.05, 4.69) is 16.7 Å². The summed E-state index contributed by atoms with van der Waals surface area (Å²) in [5.74, 6) is -4.25. The average molecular weight is 2180 g/mol. The molecule has 6 aromatic carbocycles. The van der Waals surface area contributed by atoms with Crippen molar-refractivity contribution in [2.45, 2.75) is 149 Å². The van der Waals surface area contributed by atoms with E-state index in [0.717, 1.165) is 0 Å². The number of hydrogen-bond donors (Lipinski definition) is 12. The number of rotatable bonds is 46. The molecule has 60 nitrogen and oxygen atoms in total. The van der Waals surface area contributed by atoms with Gasteiger partial charge in [-0.3, -0.25) is 64.2 Å². The second-order valence-corrected chi connectivity index (χ2v) is 41.0. The van der Waals surface area contributed by atoms with Crippen LogP contribution >= 0.6 is 0 Å². The fourth-order valence-corrected chi connectivity index (χ4v) is 19.5. The third-order valence-corrected chi connectivity index (χ3v) is 24.4. The van der Waals surface area contributed by atoms with Crippen LogP contribution in [0.3, 0.4) is 0 Å². The molecule has 4 fully saturated rings. The highest BCUT2D eigenvalue weighted by Crippen LogP contribution is 2.45. The van der Waals surface area contributed by atoms with E-state index in [4.69, 9.17) is 71.4 Å². The molecule has 0 bridgehead atoms. The van der Waals surface area contributed by atoms with Crippen LogP contribution in [0.5, 0.6) is 0 Å². The fourth-order valence-electron chi connectivity index (χ4n) is 14.2. The van der Waals surface area contributed by atoms with Crippen molar-refractivity contribution in [1.29, 1.82) is 0 Å². The molecule has 0 aromatic heterocycles. The highest BCUT2D eigenvalue weighted by atomic mass is 32.3. The Morgan fingerprint density at radius 3 is 0.588 bits per heavy atom. The molecule has 0 saturated carbocycles. The molecule has 4 aliphatic rings. The van der Waals surface area contributed by atoms with E-state index in [-0.39, 0.29) is 32.1 Å². The van der Waals surface area contributed by atoms with Gasteiger partial charge in [0.2, 0.25) is 0 Å². The first-order chi connectivity index (χ1) is 62.7. The van der Waals surface area contributed by atoms with Crippen molar-refractivity contribution in [1.82, 2.24) is 9.80 Å². The standard InChI is InChI=1S/C64H74N2O58S12/c67-59(65(47-55(121-133(93,94)95)51(117-129(81,82)83)43(31-109-125(69,70)71)113-61(47)105-27-35-13-5-1-6-14-35)48-56(122-134(96,97)98)52(118-130(84,85)86)44(32-110-126(72,73)74)114-62(48)106-28-36-15-7-2-8-16-36)41-23-21-40-26-42(24-22-39(40)25-41)60(68)66(49-57(123-135(99,100)101)53(119-131(87,88)89)45(33-111-127(75,76)77)115-63(49)107-29-37-17-9-3-10-18-37)50-58(124-136(102,103)104)54(120-132(90,91)92)46(34-112-128(78,79)80)116-64(50)108-30-38-19-11-4-12-20-38/h1-26,43-58,61-64H,27-34H2,(H,69,70,71)(H,72,73,74)(H,75,76,77)(H,78,79,80)(H,81,82,83)(H,84,85,86)(H,87,88,89)(H,90,91,92)(H,93,94,95)(H,96,97,98)(H,99,100,101)(H,102,103,104)/t43-,44-,45-,46-,47+,48+,49+,50+,51-,52-,53-,54-,55-,56-,57-,58-,61+,62+,63+,64+/m1/s1. The Morgan fingerprint density at radius 1 is 0.243 bits per heavy atom. The molecule has 0 radical (unpaired) electrons. The summed E-state index contributed by atoms with van der Waals surface area (Å²) in [7, 11) is -75.4. The largest absolute Gasteiger partial charge is 0.397 e. The van der Waals surface area contributed by atoms with Crippen molar-refractivity contribution in [3.8, 4) is 0 Å². The van der Waals surface area contributed by atoms with Crippen LogP contribution in [-0.2, 0) is 239 Å². The molecule has 760 valence electrons. The van der Waals surface area contributed by atoms with Gasteiger partial charge in [0.1, 0.15) is 97.4 Å². The second-order valence-electron chi connectivity index (χ2n) is 28.3. The highest BCUT2D eigenvalue weighted by Gasteiger charge is 2.65. The van der Waals surface area contributed by atoms with E-state index in [1.807, 2.05) is 0 Å². The van der Waals surface area contributed by atoms with Gasteiger partial charge in [-0.1, -0.05) is 133 Å². The van der Waals surface area contributed by atoms with Crippen molar-refractivity contribution in [3.63, 3.8) is 0 Å². The van der Waals surface area contributed by atoms with Crippen molar-refractivity contribution in [2.75, 3.05) is 26.4 Å². The van der Waals surface area contributed by atoms with E-state index < -0.39 is 334 Å². The Hall–Kier alpha value is -7.36. The van der Waals surface area contributed by atoms with E-state index in [1.54, 1.807) is 0 Å². The molecule has 4 heterocycles.